The highest BCUT2D eigenvalue weighted by atomic mass is 35.5. The first-order chi connectivity index (χ1) is 8.74. The molecule has 0 heterocycles. The van der Waals surface area contributed by atoms with Crippen LogP contribution in [0, 0.1) is 0 Å². The Hall–Kier alpha value is -0.820. The molecule has 0 radical (unpaired) electrons. The average molecular weight is 325 g/mol. The van der Waals surface area contributed by atoms with Gasteiger partial charge in [-0.05, 0) is 26.1 Å². The lowest BCUT2D eigenvalue weighted by Crippen LogP contribution is -2.27. The van der Waals surface area contributed by atoms with Gasteiger partial charge in [-0.1, -0.05) is 23.2 Å². The molecule has 8 heteroatoms. The second-order valence-corrected chi connectivity index (χ2v) is 6.46. The molecule has 106 valence electrons. The van der Waals surface area contributed by atoms with Crippen LogP contribution < -0.4 is 4.72 Å². The fraction of sp³-hybridized carbons (Fsp3) is 0.364. The molecule has 0 aromatic heterocycles. The number of rotatable bonds is 4. The van der Waals surface area contributed by atoms with Crippen LogP contribution in [0.3, 0.4) is 0 Å². The van der Waals surface area contributed by atoms with Gasteiger partial charge in [0.25, 0.3) is 5.91 Å². The van der Waals surface area contributed by atoms with E-state index in [0.29, 0.717) is 6.54 Å². The summed E-state index contributed by atoms with van der Waals surface area (Å²) in [6.45, 7) is 2.28. The minimum absolute atomic E-state index is 0.0324. The van der Waals surface area contributed by atoms with Crippen molar-refractivity contribution in [1.29, 1.82) is 0 Å². The first-order valence-electron chi connectivity index (χ1n) is 5.42. The Balaban J connectivity index is 3.45. The third kappa shape index (κ3) is 3.39. The highest BCUT2D eigenvalue weighted by Crippen LogP contribution is 2.29. The van der Waals surface area contributed by atoms with Crippen molar-refractivity contribution in [3.8, 4) is 0 Å². The molecule has 0 aliphatic carbocycles. The number of halogens is 2. The van der Waals surface area contributed by atoms with Crippen LogP contribution in [0.15, 0.2) is 17.0 Å². The molecule has 1 aromatic carbocycles. The zero-order valence-electron chi connectivity index (χ0n) is 10.7. The Kier molecular flexibility index (Phi) is 5.20. The van der Waals surface area contributed by atoms with E-state index in [2.05, 4.69) is 4.72 Å². The van der Waals surface area contributed by atoms with Crippen molar-refractivity contribution in [1.82, 2.24) is 9.62 Å². The molecule has 0 unspecified atom stereocenters. The van der Waals surface area contributed by atoms with Crippen LogP contribution in [0.5, 0.6) is 0 Å². The molecular weight excluding hydrogens is 311 g/mol. The Morgan fingerprint density at radius 2 is 1.89 bits per heavy atom. The molecule has 0 fully saturated rings. The molecule has 0 bridgehead atoms. The Labute approximate surface area is 122 Å². The fourth-order valence-corrected chi connectivity index (χ4v) is 2.94. The first-order valence-corrected chi connectivity index (χ1v) is 7.66. The molecule has 0 aliphatic heterocycles. The lowest BCUT2D eigenvalue weighted by atomic mass is 10.2. The van der Waals surface area contributed by atoms with Gasteiger partial charge in [0.05, 0.1) is 15.6 Å². The molecule has 1 aromatic rings. The molecule has 0 saturated heterocycles. The first kappa shape index (κ1) is 16.2. The van der Waals surface area contributed by atoms with Gasteiger partial charge in [-0.3, -0.25) is 4.79 Å². The number of nitrogens with zero attached hydrogens (tertiary/aromatic N) is 1. The molecule has 0 aliphatic rings. The van der Waals surface area contributed by atoms with E-state index >= 15 is 0 Å². The zero-order valence-corrected chi connectivity index (χ0v) is 13.0. The number of hydrogen-bond donors (Lipinski definition) is 1. The van der Waals surface area contributed by atoms with E-state index in [0.717, 1.165) is 0 Å². The summed E-state index contributed by atoms with van der Waals surface area (Å²) in [4.78, 5) is 13.3. The summed E-state index contributed by atoms with van der Waals surface area (Å²) in [5.41, 5.74) is 0.101. The van der Waals surface area contributed by atoms with E-state index in [-0.39, 0.29) is 26.4 Å². The Morgan fingerprint density at radius 1 is 1.32 bits per heavy atom. The summed E-state index contributed by atoms with van der Waals surface area (Å²) in [7, 11) is -0.885. The number of benzene rings is 1. The second kappa shape index (κ2) is 6.09. The van der Waals surface area contributed by atoms with Gasteiger partial charge in [-0.2, -0.15) is 0 Å². The smallest absolute Gasteiger partial charge is 0.255 e. The van der Waals surface area contributed by atoms with E-state index < -0.39 is 10.0 Å². The lowest BCUT2D eigenvalue weighted by Gasteiger charge is -2.16. The zero-order chi connectivity index (χ0) is 14.8. The standard InChI is InChI=1S/C11H14Cl2N2O3S/c1-4-15(3)11(16)7-5-10(19(17,18)14-2)9(13)6-8(7)12/h5-6,14H,4H2,1-3H3. The Bertz CT molecular complexity index is 602. The van der Waals surface area contributed by atoms with Crippen LogP contribution in [0.4, 0.5) is 0 Å². The van der Waals surface area contributed by atoms with Crippen molar-refractivity contribution >= 4 is 39.1 Å². The maximum Gasteiger partial charge on any atom is 0.255 e. The van der Waals surface area contributed by atoms with Crippen LogP contribution in [0.2, 0.25) is 10.0 Å². The number of amides is 1. The molecule has 1 rings (SSSR count). The predicted octanol–water partition coefficient (Wildman–Crippen LogP) is 1.99. The van der Waals surface area contributed by atoms with Crippen LogP contribution in [0.25, 0.3) is 0 Å². The second-order valence-electron chi connectivity index (χ2n) is 3.79. The van der Waals surface area contributed by atoms with Crippen LogP contribution in [-0.2, 0) is 10.0 Å². The van der Waals surface area contributed by atoms with Crippen LogP contribution >= 0.6 is 23.2 Å². The quantitative estimate of drug-likeness (QED) is 0.921. The maximum absolute atomic E-state index is 12.1. The summed E-state index contributed by atoms with van der Waals surface area (Å²) in [6.07, 6.45) is 0. The van der Waals surface area contributed by atoms with Gasteiger partial charge < -0.3 is 4.90 Å². The minimum Gasteiger partial charge on any atom is -0.342 e. The summed E-state index contributed by atoms with van der Waals surface area (Å²) in [5.74, 6) is -0.364. The van der Waals surface area contributed by atoms with E-state index in [1.165, 1.54) is 24.1 Å². The van der Waals surface area contributed by atoms with Crippen molar-refractivity contribution < 1.29 is 13.2 Å². The van der Waals surface area contributed by atoms with E-state index in [1.807, 2.05) is 0 Å². The fourth-order valence-electron chi connectivity index (χ4n) is 1.36. The summed E-state index contributed by atoms with van der Waals surface area (Å²) < 4.78 is 25.7. The summed E-state index contributed by atoms with van der Waals surface area (Å²) in [5, 5.41) is 0.0837. The van der Waals surface area contributed by atoms with E-state index in [1.54, 1.807) is 14.0 Å². The van der Waals surface area contributed by atoms with Gasteiger partial charge >= 0.3 is 0 Å². The van der Waals surface area contributed by atoms with Crippen molar-refractivity contribution in [2.45, 2.75) is 11.8 Å². The lowest BCUT2D eigenvalue weighted by molar-refractivity contribution is 0.0802. The summed E-state index contributed by atoms with van der Waals surface area (Å²) >= 11 is 11.8. The van der Waals surface area contributed by atoms with Gasteiger partial charge in [0.15, 0.2) is 0 Å². The van der Waals surface area contributed by atoms with Gasteiger partial charge in [0.2, 0.25) is 10.0 Å². The Morgan fingerprint density at radius 3 is 2.37 bits per heavy atom. The molecule has 5 nitrogen and oxygen atoms in total. The SMILES string of the molecule is CCN(C)C(=O)c1cc(S(=O)(=O)NC)c(Cl)cc1Cl. The number of nitrogens with one attached hydrogen (secondary N) is 1. The van der Waals surface area contributed by atoms with Crippen molar-refractivity contribution in [3.63, 3.8) is 0 Å². The number of sulfonamides is 1. The molecule has 0 spiro atoms. The largest absolute Gasteiger partial charge is 0.342 e. The monoisotopic (exact) mass is 324 g/mol. The van der Waals surface area contributed by atoms with Gasteiger partial charge in [0.1, 0.15) is 4.90 Å². The third-order valence-electron chi connectivity index (χ3n) is 2.63. The van der Waals surface area contributed by atoms with Gasteiger partial charge in [0, 0.05) is 13.6 Å². The molecule has 1 amide bonds. The summed E-state index contributed by atoms with van der Waals surface area (Å²) in [6, 6.07) is 2.44. The average Bonchev–Trinajstić information content (AvgIpc) is 2.36. The molecule has 1 N–H and O–H groups in total. The molecule has 0 atom stereocenters. The van der Waals surface area contributed by atoms with Crippen LogP contribution in [-0.4, -0.2) is 39.9 Å². The number of carbonyl (C=O) groups excluding carboxylic acids is 1. The minimum atomic E-state index is -3.75. The third-order valence-corrected chi connectivity index (χ3v) is 4.82. The number of carbonyl (C=O) groups is 1. The van der Waals surface area contributed by atoms with Gasteiger partial charge in [-0.15, -0.1) is 0 Å². The highest BCUT2D eigenvalue weighted by Gasteiger charge is 2.22. The normalized spacial score (nSPS) is 11.4. The molecule has 0 saturated carbocycles. The highest BCUT2D eigenvalue weighted by molar-refractivity contribution is 7.89. The maximum atomic E-state index is 12.1. The topological polar surface area (TPSA) is 66.5 Å². The van der Waals surface area contributed by atoms with Crippen molar-refractivity contribution in [2.75, 3.05) is 20.6 Å². The number of hydrogen-bond acceptors (Lipinski definition) is 3. The van der Waals surface area contributed by atoms with Gasteiger partial charge in [-0.25, -0.2) is 13.1 Å². The van der Waals surface area contributed by atoms with E-state index in [4.69, 9.17) is 23.2 Å². The predicted molar refractivity (Wildman–Crippen MR) is 75.3 cm³/mol. The molecule has 19 heavy (non-hydrogen) atoms. The van der Waals surface area contributed by atoms with Crippen molar-refractivity contribution in [3.05, 3.63) is 27.7 Å². The molecular formula is C11H14Cl2N2O3S. The van der Waals surface area contributed by atoms with Crippen LogP contribution in [0.1, 0.15) is 17.3 Å². The van der Waals surface area contributed by atoms with E-state index in [9.17, 15) is 13.2 Å². The van der Waals surface area contributed by atoms with Crippen molar-refractivity contribution in [2.24, 2.45) is 0 Å².